The molecule has 2 unspecified atom stereocenters. The molecule has 1 aromatic rings. The van der Waals surface area contributed by atoms with E-state index < -0.39 is 5.82 Å². The molecule has 106 valence electrons. The molecule has 0 aliphatic heterocycles. The largest absolute Gasteiger partial charge is 0.488 e. The number of nitrogens with two attached hydrogens (primary N) is 1. The van der Waals surface area contributed by atoms with Gasteiger partial charge in [-0.15, -0.1) is 0 Å². The van der Waals surface area contributed by atoms with Crippen molar-refractivity contribution in [1.29, 1.82) is 0 Å². The van der Waals surface area contributed by atoms with Crippen molar-refractivity contribution >= 4 is 27.5 Å². The second kappa shape index (κ2) is 5.58. The van der Waals surface area contributed by atoms with Gasteiger partial charge in [-0.25, -0.2) is 4.39 Å². The lowest BCUT2D eigenvalue weighted by Gasteiger charge is -2.53. The lowest BCUT2D eigenvalue weighted by molar-refractivity contribution is -0.0726. The molecule has 0 aromatic heterocycles. The van der Waals surface area contributed by atoms with E-state index in [1.165, 1.54) is 12.1 Å². The molecule has 2 atom stereocenters. The van der Waals surface area contributed by atoms with Crippen LogP contribution in [0.2, 0.25) is 5.02 Å². The normalized spacial score (nSPS) is 24.9. The molecular formula is C14H18BrClFNO. The molecule has 0 radical (unpaired) electrons. The lowest BCUT2D eigenvalue weighted by Crippen LogP contribution is -2.62. The summed E-state index contributed by atoms with van der Waals surface area (Å²) in [7, 11) is 0. The summed E-state index contributed by atoms with van der Waals surface area (Å²) in [6, 6.07) is 3.00. The summed E-state index contributed by atoms with van der Waals surface area (Å²) in [6.45, 7) is 4.24. The van der Waals surface area contributed by atoms with E-state index in [1.54, 1.807) is 0 Å². The molecule has 19 heavy (non-hydrogen) atoms. The Balaban J connectivity index is 2.21. The first-order valence-electron chi connectivity index (χ1n) is 6.51. The van der Waals surface area contributed by atoms with Gasteiger partial charge in [0.25, 0.3) is 0 Å². The van der Waals surface area contributed by atoms with E-state index in [4.69, 9.17) is 22.1 Å². The molecule has 1 saturated carbocycles. The van der Waals surface area contributed by atoms with Gasteiger partial charge in [-0.1, -0.05) is 25.4 Å². The third-order valence-electron chi connectivity index (χ3n) is 4.41. The van der Waals surface area contributed by atoms with Gasteiger partial charge in [0.05, 0.1) is 9.50 Å². The monoisotopic (exact) mass is 349 g/mol. The van der Waals surface area contributed by atoms with Gasteiger partial charge in [-0.05, 0) is 34.8 Å². The van der Waals surface area contributed by atoms with Crippen molar-refractivity contribution in [3.63, 3.8) is 0 Å². The van der Waals surface area contributed by atoms with Crippen molar-refractivity contribution in [2.75, 3.05) is 0 Å². The minimum atomic E-state index is -0.470. The second-order valence-electron chi connectivity index (χ2n) is 5.09. The predicted molar refractivity (Wildman–Crippen MR) is 79.1 cm³/mol. The van der Waals surface area contributed by atoms with Gasteiger partial charge in [0, 0.05) is 23.9 Å². The molecule has 1 aliphatic carbocycles. The molecule has 0 amide bonds. The third kappa shape index (κ3) is 2.50. The quantitative estimate of drug-likeness (QED) is 0.810. The Morgan fingerprint density at radius 2 is 2.11 bits per heavy atom. The Kier molecular flexibility index (Phi) is 4.43. The standard InChI is InChI=1S/C14H18BrClFNO/c1-3-14(4-2)12(18)7-13(14)19-11-6-10(17)9(16)5-8(11)15/h5-6,12-13H,3-4,7,18H2,1-2H3. The minimum Gasteiger partial charge on any atom is -0.488 e. The van der Waals surface area contributed by atoms with Gasteiger partial charge in [0.1, 0.15) is 17.7 Å². The maximum atomic E-state index is 13.5. The third-order valence-corrected chi connectivity index (χ3v) is 5.32. The molecule has 5 heteroatoms. The summed E-state index contributed by atoms with van der Waals surface area (Å²) >= 11 is 9.08. The number of rotatable bonds is 4. The summed E-state index contributed by atoms with van der Waals surface area (Å²) < 4.78 is 20.1. The molecule has 1 fully saturated rings. The van der Waals surface area contributed by atoms with Crippen LogP contribution in [-0.4, -0.2) is 12.1 Å². The van der Waals surface area contributed by atoms with E-state index in [0.717, 1.165) is 19.3 Å². The van der Waals surface area contributed by atoms with Crippen LogP contribution in [0.3, 0.4) is 0 Å². The SMILES string of the molecule is CCC1(CC)C(N)CC1Oc1cc(F)c(Cl)cc1Br. The van der Waals surface area contributed by atoms with Crippen LogP contribution in [0.15, 0.2) is 16.6 Å². The average molecular weight is 351 g/mol. The van der Waals surface area contributed by atoms with E-state index in [9.17, 15) is 4.39 Å². The zero-order valence-corrected chi connectivity index (χ0v) is 13.4. The summed E-state index contributed by atoms with van der Waals surface area (Å²) in [6.07, 6.45) is 2.76. The van der Waals surface area contributed by atoms with Gasteiger partial charge < -0.3 is 10.5 Å². The van der Waals surface area contributed by atoms with Crippen LogP contribution < -0.4 is 10.5 Å². The van der Waals surface area contributed by atoms with E-state index in [-0.39, 0.29) is 22.6 Å². The van der Waals surface area contributed by atoms with E-state index >= 15 is 0 Å². The fraction of sp³-hybridized carbons (Fsp3) is 0.571. The average Bonchev–Trinajstić information content (AvgIpc) is 2.36. The summed E-state index contributed by atoms with van der Waals surface area (Å²) in [5.41, 5.74) is 6.12. The molecule has 0 heterocycles. The fourth-order valence-corrected chi connectivity index (χ4v) is 3.65. The zero-order valence-electron chi connectivity index (χ0n) is 11.1. The maximum absolute atomic E-state index is 13.5. The van der Waals surface area contributed by atoms with E-state index in [2.05, 4.69) is 29.8 Å². The van der Waals surface area contributed by atoms with E-state index in [1.807, 2.05) is 0 Å². The Morgan fingerprint density at radius 3 is 2.63 bits per heavy atom. The Morgan fingerprint density at radius 1 is 1.47 bits per heavy atom. The van der Waals surface area contributed by atoms with Gasteiger partial charge in [0.2, 0.25) is 0 Å². The van der Waals surface area contributed by atoms with Crippen LogP contribution >= 0.6 is 27.5 Å². The highest BCUT2D eigenvalue weighted by molar-refractivity contribution is 9.10. The number of benzene rings is 1. The number of hydrogen-bond acceptors (Lipinski definition) is 2. The van der Waals surface area contributed by atoms with Crippen molar-refractivity contribution in [2.24, 2.45) is 11.1 Å². The van der Waals surface area contributed by atoms with Crippen molar-refractivity contribution < 1.29 is 9.13 Å². The van der Waals surface area contributed by atoms with Crippen LogP contribution in [0.4, 0.5) is 4.39 Å². The Hall–Kier alpha value is -0.320. The van der Waals surface area contributed by atoms with Crippen molar-refractivity contribution in [1.82, 2.24) is 0 Å². The number of halogens is 3. The minimum absolute atomic E-state index is 0.00441. The van der Waals surface area contributed by atoms with Crippen LogP contribution in [-0.2, 0) is 0 Å². The lowest BCUT2D eigenvalue weighted by atomic mass is 9.59. The number of hydrogen-bond donors (Lipinski definition) is 1. The van der Waals surface area contributed by atoms with Gasteiger partial charge in [0.15, 0.2) is 0 Å². The van der Waals surface area contributed by atoms with Crippen LogP contribution in [0.1, 0.15) is 33.1 Å². The first kappa shape index (κ1) is 15.1. The topological polar surface area (TPSA) is 35.2 Å². The highest BCUT2D eigenvalue weighted by atomic mass is 79.9. The number of ether oxygens (including phenoxy) is 1. The van der Waals surface area contributed by atoms with Gasteiger partial charge >= 0.3 is 0 Å². The molecule has 2 rings (SSSR count). The second-order valence-corrected chi connectivity index (χ2v) is 6.35. The fourth-order valence-electron chi connectivity index (χ4n) is 2.92. The first-order valence-corrected chi connectivity index (χ1v) is 7.68. The smallest absolute Gasteiger partial charge is 0.145 e. The molecule has 0 saturated heterocycles. The molecule has 1 aliphatic rings. The summed E-state index contributed by atoms with van der Waals surface area (Å²) in [4.78, 5) is 0. The molecule has 1 aromatic carbocycles. The molecule has 2 N–H and O–H groups in total. The molecule has 2 nitrogen and oxygen atoms in total. The van der Waals surface area contributed by atoms with Crippen molar-refractivity contribution in [3.05, 3.63) is 27.4 Å². The Bertz CT molecular complexity index is 479. The van der Waals surface area contributed by atoms with Crippen molar-refractivity contribution in [3.8, 4) is 5.75 Å². The Labute approximate surface area is 126 Å². The van der Waals surface area contributed by atoms with Gasteiger partial charge in [-0.3, -0.25) is 0 Å². The van der Waals surface area contributed by atoms with Crippen LogP contribution in [0.25, 0.3) is 0 Å². The van der Waals surface area contributed by atoms with Crippen molar-refractivity contribution in [2.45, 2.75) is 45.3 Å². The van der Waals surface area contributed by atoms with Crippen LogP contribution in [0.5, 0.6) is 5.75 Å². The molecular weight excluding hydrogens is 333 g/mol. The predicted octanol–water partition coefficient (Wildman–Crippen LogP) is 4.53. The highest BCUT2D eigenvalue weighted by Gasteiger charge is 2.52. The maximum Gasteiger partial charge on any atom is 0.145 e. The van der Waals surface area contributed by atoms with Gasteiger partial charge in [-0.2, -0.15) is 0 Å². The zero-order chi connectivity index (χ0) is 14.2. The summed E-state index contributed by atoms with van der Waals surface area (Å²) in [5.74, 6) is 0.0205. The first-order chi connectivity index (χ1) is 8.94. The molecule has 0 bridgehead atoms. The highest BCUT2D eigenvalue weighted by Crippen LogP contribution is 2.48. The van der Waals surface area contributed by atoms with Crippen LogP contribution in [0, 0.1) is 11.2 Å². The summed E-state index contributed by atoms with van der Waals surface area (Å²) in [5, 5.41) is 0.0850. The van der Waals surface area contributed by atoms with E-state index in [0.29, 0.717) is 10.2 Å². The molecule has 0 spiro atoms.